The molecule has 0 aromatic rings. The zero-order valence-electron chi connectivity index (χ0n) is 13.7. The van der Waals surface area contributed by atoms with Crippen molar-refractivity contribution >= 4 is 0 Å². The maximum atomic E-state index is 3.62. The Labute approximate surface area is 121 Å². The van der Waals surface area contributed by atoms with Crippen LogP contribution in [0.1, 0.15) is 90.9 Å². The summed E-state index contributed by atoms with van der Waals surface area (Å²) in [6.45, 7) is 4.67. The smallest absolute Gasteiger partial charge is 0.00924 e. The Kier molecular flexibility index (Phi) is 9.59. The van der Waals surface area contributed by atoms with Crippen molar-refractivity contribution in [1.82, 2.24) is 5.32 Å². The lowest BCUT2D eigenvalue weighted by Gasteiger charge is -2.34. The first-order valence-electron chi connectivity index (χ1n) is 8.99. The number of hydrogen-bond donors (Lipinski definition) is 1. The van der Waals surface area contributed by atoms with Crippen LogP contribution in [0.4, 0.5) is 0 Å². The van der Waals surface area contributed by atoms with E-state index in [0.29, 0.717) is 0 Å². The molecule has 0 amide bonds. The molecule has 0 spiro atoms. The van der Waals surface area contributed by atoms with Gasteiger partial charge in [-0.2, -0.15) is 0 Å². The lowest BCUT2D eigenvalue weighted by molar-refractivity contribution is 0.205. The summed E-state index contributed by atoms with van der Waals surface area (Å²) in [4.78, 5) is 0. The Morgan fingerprint density at radius 1 is 1.00 bits per heavy atom. The molecule has 1 saturated carbocycles. The van der Waals surface area contributed by atoms with Crippen LogP contribution in [0.15, 0.2) is 0 Å². The van der Waals surface area contributed by atoms with Crippen LogP contribution in [0.5, 0.6) is 0 Å². The molecule has 1 N–H and O–H groups in total. The van der Waals surface area contributed by atoms with Gasteiger partial charge in [0, 0.05) is 6.04 Å². The second kappa shape index (κ2) is 10.7. The fraction of sp³-hybridized carbons (Fsp3) is 1.00. The number of hydrogen-bond acceptors (Lipinski definition) is 1. The van der Waals surface area contributed by atoms with Gasteiger partial charge in [-0.25, -0.2) is 0 Å². The van der Waals surface area contributed by atoms with Crippen molar-refractivity contribution in [2.45, 2.75) is 96.9 Å². The van der Waals surface area contributed by atoms with Crippen molar-refractivity contribution in [1.29, 1.82) is 0 Å². The zero-order valence-corrected chi connectivity index (χ0v) is 13.7. The van der Waals surface area contributed by atoms with E-state index in [4.69, 9.17) is 0 Å². The van der Waals surface area contributed by atoms with E-state index in [9.17, 15) is 0 Å². The third-order valence-corrected chi connectivity index (χ3v) is 5.21. The molecule has 0 bridgehead atoms. The Bertz CT molecular complexity index is 202. The van der Waals surface area contributed by atoms with E-state index >= 15 is 0 Å². The van der Waals surface area contributed by atoms with Gasteiger partial charge in [0.2, 0.25) is 0 Å². The lowest BCUT2D eigenvalue weighted by Crippen LogP contribution is -2.36. The summed E-state index contributed by atoms with van der Waals surface area (Å²) in [5, 5.41) is 3.62. The molecule has 1 aliphatic carbocycles. The van der Waals surface area contributed by atoms with Gasteiger partial charge in [-0.1, -0.05) is 71.6 Å². The Morgan fingerprint density at radius 2 is 1.74 bits per heavy atom. The van der Waals surface area contributed by atoms with Crippen LogP contribution in [-0.2, 0) is 0 Å². The van der Waals surface area contributed by atoms with Crippen LogP contribution in [0.2, 0.25) is 0 Å². The zero-order chi connectivity index (χ0) is 13.9. The van der Waals surface area contributed by atoms with Crippen LogP contribution in [-0.4, -0.2) is 13.1 Å². The highest BCUT2D eigenvalue weighted by molar-refractivity contribution is 4.81. The second-order valence-corrected chi connectivity index (χ2v) is 6.65. The van der Waals surface area contributed by atoms with Gasteiger partial charge in [0.05, 0.1) is 0 Å². The van der Waals surface area contributed by atoms with Gasteiger partial charge in [0.25, 0.3) is 0 Å². The first-order valence-corrected chi connectivity index (χ1v) is 8.99. The monoisotopic (exact) mass is 267 g/mol. The van der Waals surface area contributed by atoms with Crippen LogP contribution >= 0.6 is 0 Å². The summed E-state index contributed by atoms with van der Waals surface area (Å²) in [5.74, 6) is 1.97. The standard InChI is InChI=1S/C18H37N/c1-4-6-7-8-9-10-14-18(19-3)17-13-11-12-16(5-2)15-17/h16-19H,4-15H2,1-3H3. The fourth-order valence-corrected chi connectivity index (χ4v) is 3.83. The van der Waals surface area contributed by atoms with Crippen LogP contribution in [0, 0.1) is 11.8 Å². The average Bonchev–Trinajstić information content (AvgIpc) is 2.46. The minimum atomic E-state index is 0.792. The fourth-order valence-electron chi connectivity index (χ4n) is 3.83. The molecule has 1 aliphatic rings. The molecule has 0 heterocycles. The summed E-state index contributed by atoms with van der Waals surface area (Å²) in [6, 6.07) is 0.792. The van der Waals surface area contributed by atoms with E-state index in [2.05, 4.69) is 26.2 Å². The average molecular weight is 268 g/mol. The van der Waals surface area contributed by atoms with Gasteiger partial charge in [-0.05, 0) is 38.1 Å². The summed E-state index contributed by atoms with van der Waals surface area (Å²) in [6.07, 6.45) is 17.3. The van der Waals surface area contributed by atoms with E-state index in [1.807, 2.05) is 0 Å². The third-order valence-electron chi connectivity index (χ3n) is 5.21. The van der Waals surface area contributed by atoms with E-state index in [1.54, 1.807) is 0 Å². The number of unbranched alkanes of at least 4 members (excludes halogenated alkanes) is 5. The maximum Gasteiger partial charge on any atom is 0.00924 e. The molecule has 1 fully saturated rings. The molecule has 114 valence electrons. The number of rotatable bonds is 10. The SMILES string of the molecule is CCCCCCCCC(NC)C1CCCC(CC)C1. The molecule has 0 radical (unpaired) electrons. The highest BCUT2D eigenvalue weighted by Gasteiger charge is 2.26. The third kappa shape index (κ3) is 6.79. The molecular formula is C18H37N. The first kappa shape index (κ1) is 17.0. The summed E-state index contributed by atoms with van der Waals surface area (Å²) >= 11 is 0. The molecule has 3 atom stereocenters. The Morgan fingerprint density at radius 3 is 2.42 bits per heavy atom. The topological polar surface area (TPSA) is 12.0 Å². The second-order valence-electron chi connectivity index (χ2n) is 6.65. The molecule has 0 aromatic heterocycles. The van der Waals surface area contributed by atoms with Gasteiger partial charge in [0.1, 0.15) is 0 Å². The molecular weight excluding hydrogens is 230 g/mol. The highest BCUT2D eigenvalue weighted by atomic mass is 14.9. The van der Waals surface area contributed by atoms with Crippen molar-refractivity contribution in [3.63, 3.8) is 0 Å². The van der Waals surface area contributed by atoms with Crippen molar-refractivity contribution in [2.24, 2.45) is 11.8 Å². The molecule has 0 aliphatic heterocycles. The summed E-state index contributed by atoms with van der Waals surface area (Å²) in [5.41, 5.74) is 0. The molecule has 0 aromatic carbocycles. The van der Waals surface area contributed by atoms with Gasteiger partial charge < -0.3 is 5.32 Å². The van der Waals surface area contributed by atoms with Crippen molar-refractivity contribution < 1.29 is 0 Å². The number of nitrogens with one attached hydrogen (secondary N) is 1. The normalized spacial score (nSPS) is 25.4. The molecule has 3 unspecified atom stereocenters. The van der Waals surface area contributed by atoms with Crippen molar-refractivity contribution in [2.75, 3.05) is 7.05 Å². The predicted octanol–water partition coefficient (Wildman–Crippen LogP) is 5.54. The van der Waals surface area contributed by atoms with Crippen LogP contribution in [0.25, 0.3) is 0 Å². The molecule has 1 heteroatoms. The van der Waals surface area contributed by atoms with E-state index in [0.717, 1.165) is 17.9 Å². The van der Waals surface area contributed by atoms with E-state index in [1.165, 1.54) is 77.0 Å². The molecule has 1 nitrogen and oxygen atoms in total. The molecule has 19 heavy (non-hydrogen) atoms. The Hall–Kier alpha value is -0.0400. The van der Waals surface area contributed by atoms with Crippen molar-refractivity contribution in [3.8, 4) is 0 Å². The van der Waals surface area contributed by atoms with E-state index < -0.39 is 0 Å². The van der Waals surface area contributed by atoms with Crippen LogP contribution in [0.3, 0.4) is 0 Å². The van der Waals surface area contributed by atoms with Crippen LogP contribution < -0.4 is 5.32 Å². The van der Waals surface area contributed by atoms with Gasteiger partial charge in [0.15, 0.2) is 0 Å². The Balaban J connectivity index is 2.17. The van der Waals surface area contributed by atoms with Crippen molar-refractivity contribution in [3.05, 3.63) is 0 Å². The van der Waals surface area contributed by atoms with Gasteiger partial charge >= 0.3 is 0 Å². The largest absolute Gasteiger partial charge is 0.317 e. The maximum absolute atomic E-state index is 3.62. The van der Waals surface area contributed by atoms with Gasteiger partial charge in [-0.15, -0.1) is 0 Å². The minimum absolute atomic E-state index is 0.792. The van der Waals surface area contributed by atoms with Gasteiger partial charge in [-0.3, -0.25) is 0 Å². The highest BCUT2D eigenvalue weighted by Crippen LogP contribution is 2.34. The minimum Gasteiger partial charge on any atom is -0.317 e. The first-order chi connectivity index (χ1) is 9.31. The van der Waals surface area contributed by atoms with E-state index in [-0.39, 0.29) is 0 Å². The molecule has 0 saturated heterocycles. The lowest BCUT2D eigenvalue weighted by atomic mass is 9.76. The summed E-state index contributed by atoms with van der Waals surface area (Å²) < 4.78 is 0. The summed E-state index contributed by atoms with van der Waals surface area (Å²) in [7, 11) is 2.18. The quantitative estimate of drug-likeness (QED) is 0.512. The molecule has 1 rings (SSSR count). The predicted molar refractivity (Wildman–Crippen MR) is 86.6 cm³/mol.